The van der Waals surface area contributed by atoms with Gasteiger partial charge in [0.05, 0.1) is 12.7 Å². The van der Waals surface area contributed by atoms with Crippen molar-refractivity contribution in [3.63, 3.8) is 0 Å². The Morgan fingerprint density at radius 2 is 2.31 bits per heavy atom. The van der Waals surface area contributed by atoms with Gasteiger partial charge in [-0.3, -0.25) is 0 Å². The summed E-state index contributed by atoms with van der Waals surface area (Å²) in [5, 5.41) is 10.0. The maximum atomic E-state index is 10.0. The number of hydrogen-bond donors (Lipinski definition) is 1. The number of hydrogen-bond acceptors (Lipinski definition) is 2. The number of fused-ring (bicyclic) bond motifs is 1. The molecule has 2 atom stereocenters. The minimum Gasteiger partial charge on any atom is -0.493 e. The molecule has 0 radical (unpaired) electrons. The summed E-state index contributed by atoms with van der Waals surface area (Å²) in [6, 6.07) is 8.05. The minimum absolute atomic E-state index is 0.217. The lowest BCUT2D eigenvalue weighted by Gasteiger charge is -2.28. The van der Waals surface area contributed by atoms with Crippen molar-refractivity contribution >= 4 is 0 Å². The van der Waals surface area contributed by atoms with Crippen molar-refractivity contribution < 1.29 is 9.84 Å². The first-order valence-corrected chi connectivity index (χ1v) is 5.81. The van der Waals surface area contributed by atoms with E-state index in [0.717, 1.165) is 25.0 Å². The van der Waals surface area contributed by atoms with E-state index in [-0.39, 0.29) is 12.0 Å². The van der Waals surface area contributed by atoms with Crippen LogP contribution in [0.4, 0.5) is 0 Å². The maximum absolute atomic E-state index is 10.0. The number of para-hydroxylation sites is 1. The number of aliphatic hydroxyl groups excluding tert-OH is 1. The Bertz CT molecular complexity index is 360. The third-order valence-corrected chi connectivity index (χ3v) is 3.12. The van der Waals surface area contributed by atoms with Gasteiger partial charge in [-0.25, -0.2) is 0 Å². The third-order valence-electron chi connectivity index (χ3n) is 3.12. The molecule has 0 spiro atoms. The third kappa shape index (κ3) is 2.45. The number of allylic oxidation sites excluding steroid dienone is 1. The van der Waals surface area contributed by atoms with Gasteiger partial charge in [-0.05, 0) is 30.9 Å². The summed E-state index contributed by atoms with van der Waals surface area (Å²) in [7, 11) is 0. The van der Waals surface area contributed by atoms with Crippen LogP contribution in [0.1, 0.15) is 18.4 Å². The molecule has 2 heteroatoms. The fourth-order valence-corrected chi connectivity index (χ4v) is 2.12. The van der Waals surface area contributed by atoms with Crippen LogP contribution in [0.3, 0.4) is 0 Å². The van der Waals surface area contributed by atoms with Gasteiger partial charge in [-0.1, -0.05) is 24.3 Å². The highest BCUT2D eigenvalue weighted by Crippen LogP contribution is 2.29. The van der Waals surface area contributed by atoms with Crippen molar-refractivity contribution in [3.8, 4) is 5.75 Å². The summed E-state index contributed by atoms with van der Waals surface area (Å²) in [6.07, 6.45) is 4.11. The maximum Gasteiger partial charge on any atom is 0.122 e. The van der Waals surface area contributed by atoms with Crippen molar-refractivity contribution in [3.05, 3.63) is 42.5 Å². The molecule has 0 bridgehead atoms. The lowest BCUT2D eigenvalue weighted by atomic mass is 9.90. The van der Waals surface area contributed by atoms with Gasteiger partial charge in [0.2, 0.25) is 0 Å². The number of ether oxygens (including phenoxy) is 1. The van der Waals surface area contributed by atoms with Crippen LogP contribution in [0.5, 0.6) is 5.75 Å². The molecule has 86 valence electrons. The second kappa shape index (κ2) is 5.17. The largest absolute Gasteiger partial charge is 0.493 e. The Morgan fingerprint density at radius 1 is 1.50 bits per heavy atom. The highest BCUT2D eigenvalue weighted by Gasteiger charge is 2.25. The predicted molar refractivity (Wildman–Crippen MR) is 64.6 cm³/mol. The summed E-state index contributed by atoms with van der Waals surface area (Å²) in [6.45, 7) is 4.29. The van der Waals surface area contributed by atoms with Gasteiger partial charge < -0.3 is 9.84 Å². The zero-order valence-corrected chi connectivity index (χ0v) is 9.43. The van der Waals surface area contributed by atoms with Gasteiger partial charge in [-0.2, -0.15) is 0 Å². The highest BCUT2D eigenvalue weighted by atomic mass is 16.5. The van der Waals surface area contributed by atoms with Crippen molar-refractivity contribution in [1.82, 2.24) is 0 Å². The Labute approximate surface area is 96.6 Å². The fraction of sp³-hybridized carbons (Fsp3) is 0.429. The average molecular weight is 218 g/mol. The van der Waals surface area contributed by atoms with Crippen LogP contribution in [0, 0.1) is 5.92 Å². The molecule has 1 N–H and O–H groups in total. The molecule has 0 fully saturated rings. The van der Waals surface area contributed by atoms with E-state index >= 15 is 0 Å². The number of rotatable bonds is 4. The van der Waals surface area contributed by atoms with E-state index in [2.05, 4.69) is 12.6 Å². The molecule has 2 unspecified atom stereocenters. The topological polar surface area (TPSA) is 29.5 Å². The second-order valence-corrected chi connectivity index (χ2v) is 4.32. The molecule has 1 aromatic carbocycles. The molecule has 0 amide bonds. The predicted octanol–water partition coefficient (Wildman–Crippen LogP) is 2.56. The van der Waals surface area contributed by atoms with Gasteiger partial charge in [-0.15, -0.1) is 6.58 Å². The van der Waals surface area contributed by atoms with Crippen LogP contribution in [-0.4, -0.2) is 17.8 Å². The molecule has 0 saturated carbocycles. The zero-order valence-electron chi connectivity index (χ0n) is 9.43. The lowest BCUT2D eigenvalue weighted by Crippen LogP contribution is -2.31. The van der Waals surface area contributed by atoms with E-state index in [0.29, 0.717) is 6.61 Å². The number of benzene rings is 1. The Kier molecular flexibility index (Phi) is 3.62. The molecule has 0 saturated heterocycles. The van der Waals surface area contributed by atoms with E-state index in [9.17, 15) is 5.11 Å². The van der Waals surface area contributed by atoms with Crippen molar-refractivity contribution in [2.75, 3.05) is 6.61 Å². The van der Waals surface area contributed by atoms with Crippen LogP contribution in [0.2, 0.25) is 0 Å². The molecule has 1 heterocycles. The molecule has 1 aromatic rings. The normalized spacial score (nSPS) is 20.7. The van der Waals surface area contributed by atoms with E-state index in [1.807, 2.05) is 24.3 Å². The van der Waals surface area contributed by atoms with E-state index in [4.69, 9.17) is 4.74 Å². The van der Waals surface area contributed by atoms with Crippen molar-refractivity contribution in [2.24, 2.45) is 5.92 Å². The van der Waals surface area contributed by atoms with Crippen LogP contribution >= 0.6 is 0 Å². The molecule has 2 nitrogen and oxygen atoms in total. The summed E-state index contributed by atoms with van der Waals surface area (Å²) < 4.78 is 5.65. The second-order valence-electron chi connectivity index (χ2n) is 4.32. The minimum atomic E-state index is -0.286. The quantitative estimate of drug-likeness (QED) is 0.787. The number of aliphatic hydroxyl groups is 1. The van der Waals surface area contributed by atoms with Gasteiger partial charge in [0.25, 0.3) is 0 Å². The lowest BCUT2D eigenvalue weighted by molar-refractivity contribution is 0.0595. The molecular formula is C14H18O2. The zero-order chi connectivity index (χ0) is 11.4. The SMILES string of the molecule is C=CCCC(O)C1COc2ccccc2C1. The summed E-state index contributed by atoms with van der Waals surface area (Å²) in [5.41, 5.74) is 1.21. The molecule has 2 rings (SSSR count). The Morgan fingerprint density at radius 3 is 3.12 bits per heavy atom. The molecule has 1 aliphatic rings. The van der Waals surface area contributed by atoms with E-state index in [1.165, 1.54) is 5.56 Å². The van der Waals surface area contributed by atoms with Crippen molar-refractivity contribution in [1.29, 1.82) is 0 Å². The summed E-state index contributed by atoms with van der Waals surface area (Å²) in [5.74, 6) is 1.18. The Hall–Kier alpha value is -1.28. The van der Waals surface area contributed by atoms with E-state index < -0.39 is 0 Å². The van der Waals surface area contributed by atoms with Crippen LogP contribution in [-0.2, 0) is 6.42 Å². The first-order chi connectivity index (χ1) is 7.81. The molecule has 0 aliphatic carbocycles. The van der Waals surface area contributed by atoms with Crippen LogP contribution < -0.4 is 4.74 Å². The van der Waals surface area contributed by atoms with Gasteiger partial charge in [0, 0.05) is 5.92 Å². The van der Waals surface area contributed by atoms with Gasteiger partial charge in [0.15, 0.2) is 0 Å². The van der Waals surface area contributed by atoms with Gasteiger partial charge in [0.1, 0.15) is 5.75 Å². The fourth-order valence-electron chi connectivity index (χ4n) is 2.12. The van der Waals surface area contributed by atoms with Crippen molar-refractivity contribution in [2.45, 2.75) is 25.4 Å². The summed E-state index contributed by atoms with van der Waals surface area (Å²) >= 11 is 0. The highest BCUT2D eigenvalue weighted by molar-refractivity contribution is 5.35. The molecule has 1 aliphatic heterocycles. The smallest absolute Gasteiger partial charge is 0.122 e. The molecular weight excluding hydrogens is 200 g/mol. The Balaban J connectivity index is 1.99. The molecule has 16 heavy (non-hydrogen) atoms. The van der Waals surface area contributed by atoms with Gasteiger partial charge >= 0.3 is 0 Å². The standard InChI is InChI=1S/C14H18O2/c1-2-3-7-13(15)12-9-11-6-4-5-8-14(11)16-10-12/h2,4-6,8,12-13,15H,1,3,7,9-10H2. The first-order valence-electron chi connectivity index (χ1n) is 5.81. The molecule has 0 aromatic heterocycles. The van der Waals surface area contributed by atoms with E-state index in [1.54, 1.807) is 0 Å². The average Bonchev–Trinajstić information content (AvgIpc) is 2.35. The first kappa shape index (κ1) is 11.2. The van der Waals surface area contributed by atoms with Crippen LogP contribution in [0.25, 0.3) is 0 Å². The monoisotopic (exact) mass is 218 g/mol. The summed E-state index contributed by atoms with van der Waals surface area (Å²) in [4.78, 5) is 0. The van der Waals surface area contributed by atoms with Crippen LogP contribution in [0.15, 0.2) is 36.9 Å².